The van der Waals surface area contributed by atoms with Crippen molar-refractivity contribution >= 4 is 0 Å². The topological polar surface area (TPSA) is 20.2 Å². The van der Waals surface area contributed by atoms with Gasteiger partial charge in [0.2, 0.25) is 0 Å². The van der Waals surface area contributed by atoms with Crippen molar-refractivity contribution in [1.29, 1.82) is 0 Å². The quantitative estimate of drug-likeness (QED) is 0.751. The average molecular weight is 224 g/mol. The molecular formula is C15H28O. The minimum atomic E-state index is 0.382. The van der Waals surface area contributed by atoms with Crippen LogP contribution in [0, 0.1) is 22.7 Å². The Balaban J connectivity index is 2.22. The van der Waals surface area contributed by atoms with Crippen LogP contribution in [0.3, 0.4) is 0 Å². The van der Waals surface area contributed by atoms with Crippen LogP contribution >= 0.6 is 0 Å². The van der Waals surface area contributed by atoms with Crippen LogP contribution in [0.15, 0.2) is 0 Å². The summed E-state index contributed by atoms with van der Waals surface area (Å²) in [5, 5.41) is 9.25. The molecule has 1 nitrogen and oxygen atoms in total. The highest BCUT2D eigenvalue weighted by atomic mass is 16.3. The molecular weight excluding hydrogens is 196 g/mol. The van der Waals surface area contributed by atoms with Gasteiger partial charge in [-0.3, -0.25) is 0 Å². The zero-order valence-electron chi connectivity index (χ0n) is 11.3. The Morgan fingerprint density at radius 2 is 1.81 bits per heavy atom. The maximum Gasteiger partial charge on any atom is 0.0433 e. The van der Waals surface area contributed by atoms with Crippen molar-refractivity contribution in [3.63, 3.8) is 0 Å². The summed E-state index contributed by atoms with van der Waals surface area (Å²) in [6, 6.07) is 0. The summed E-state index contributed by atoms with van der Waals surface area (Å²) < 4.78 is 0. The monoisotopic (exact) mass is 224 g/mol. The van der Waals surface area contributed by atoms with E-state index in [2.05, 4.69) is 20.8 Å². The van der Waals surface area contributed by atoms with Crippen LogP contribution in [0.2, 0.25) is 0 Å². The van der Waals surface area contributed by atoms with Gasteiger partial charge in [0.05, 0.1) is 0 Å². The Morgan fingerprint density at radius 1 is 1.06 bits per heavy atom. The summed E-state index contributed by atoms with van der Waals surface area (Å²) in [4.78, 5) is 0. The maximum absolute atomic E-state index is 9.25. The lowest BCUT2D eigenvalue weighted by atomic mass is 9.48. The average Bonchev–Trinajstić information content (AvgIpc) is 2.20. The highest BCUT2D eigenvalue weighted by molar-refractivity contribution is 5.00. The van der Waals surface area contributed by atoms with Gasteiger partial charge < -0.3 is 5.11 Å². The zero-order chi connectivity index (χ0) is 11.8. The second kappa shape index (κ2) is 4.33. The predicted molar refractivity (Wildman–Crippen MR) is 68.3 cm³/mol. The van der Waals surface area contributed by atoms with Gasteiger partial charge in [0.25, 0.3) is 0 Å². The van der Waals surface area contributed by atoms with Crippen LogP contribution in [0.1, 0.15) is 65.7 Å². The third-order valence-corrected chi connectivity index (χ3v) is 5.73. The normalized spacial score (nSPS) is 42.8. The summed E-state index contributed by atoms with van der Waals surface area (Å²) in [7, 11) is 0. The first-order valence-electron chi connectivity index (χ1n) is 7.11. The molecule has 0 radical (unpaired) electrons. The molecule has 1 N–H and O–H groups in total. The molecule has 0 aromatic heterocycles. The third kappa shape index (κ3) is 1.92. The number of rotatable bonds is 2. The first-order valence-corrected chi connectivity index (χ1v) is 7.11. The van der Waals surface area contributed by atoms with Crippen molar-refractivity contribution in [2.75, 3.05) is 6.61 Å². The fourth-order valence-electron chi connectivity index (χ4n) is 4.90. The summed E-state index contributed by atoms with van der Waals surface area (Å²) in [5.74, 6) is 1.66. The smallest absolute Gasteiger partial charge is 0.0433 e. The van der Waals surface area contributed by atoms with E-state index in [1.807, 2.05) is 0 Å². The van der Waals surface area contributed by atoms with Gasteiger partial charge >= 0.3 is 0 Å². The SMILES string of the molecule is CC1(C)CCC[C@@]2(C)C(CCO)CCCC12. The second-order valence-electron chi connectivity index (χ2n) is 7.04. The van der Waals surface area contributed by atoms with E-state index in [0.29, 0.717) is 17.4 Å². The van der Waals surface area contributed by atoms with Crippen molar-refractivity contribution < 1.29 is 5.11 Å². The van der Waals surface area contributed by atoms with Gasteiger partial charge in [-0.05, 0) is 54.8 Å². The number of hydrogen-bond acceptors (Lipinski definition) is 1. The molecule has 2 saturated carbocycles. The minimum absolute atomic E-state index is 0.382. The second-order valence-corrected chi connectivity index (χ2v) is 7.04. The van der Waals surface area contributed by atoms with Crippen molar-refractivity contribution in [3.8, 4) is 0 Å². The highest BCUT2D eigenvalue weighted by Gasteiger charge is 2.51. The summed E-state index contributed by atoms with van der Waals surface area (Å²) in [5.41, 5.74) is 1.05. The minimum Gasteiger partial charge on any atom is -0.396 e. The van der Waals surface area contributed by atoms with Crippen LogP contribution in [0.25, 0.3) is 0 Å². The van der Waals surface area contributed by atoms with E-state index < -0.39 is 0 Å². The molecule has 0 bridgehead atoms. The largest absolute Gasteiger partial charge is 0.396 e. The molecule has 0 aliphatic heterocycles. The molecule has 16 heavy (non-hydrogen) atoms. The standard InChI is InChI=1S/C15H28O/c1-14(2)9-5-10-15(3)12(8-11-16)6-4-7-13(14)15/h12-13,16H,4-11H2,1-3H3/t12?,13?,15-/m0/s1. The van der Waals surface area contributed by atoms with E-state index in [9.17, 15) is 5.11 Å². The van der Waals surface area contributed by atoms with E-state index >= 15 is 0 Å². The van der Waals surface area contributed by atoms with Gasteiger partial charge in [0, 0.05) is 6.61 Å². The van der Waals surface area contributed by atoms with Crippen LogP contribution in [0.4, 0.5) is 0 Å². The predicted octanol–water partition coefficient (Wildman–Crippen LogP) is 4.00. The van der Waals surface area contributed by atoms with Gasteiger partial charge in [-0.15, -0.1) is 0 Å². The summed E-state index contributed by atoms with van der Waals surface area (Å²) in [6.07, 6.45) is 9.37. The number of aliphatic hydroxyl groups is 1. The molecule has 2 unspecified atom stereocenters. The van der Waals surface area contributed by atoms with Gasteiger partial charge in [0.15, 0.2) is 0 Å². The molecule has 0 amide bonds. The molecule has 3 atom stereocenters. The van der Waals surface area contributed by atoms with Crippen molar-refractivity contribution in [2.24, 2.45) is 22.7 Å². The summed E-state index contributed by atoms with van der Waals surface area (Å²) in [6.45, 7) is 7.83. The van der Waals surface area contributed by atoms with E-state index in [4.69, 9.17) is 0 Å². The Bertz CT molecular complexity index is 244. The van der Waals surface area contributed by atoms with Crippen LogP contribution in [-0.2, 0) is 0 Å². The highest BCUT2D eigenvalue weighted by Crippen LogP contribution is 2.60. The van der Waals surface area contributed by atoms with Gasteiger partial charge in [-0.2, -0.15) is 0 Å². The molecule has 0 aromatic carbocycles. The van der Waals surface area contributed by atoms with E-state index in [1.54, 1.807) is 0 Å². The van der Waals surface area contributed by atoms with Crippen molar-refractivity contribution in [3.05, 3.63) is 0 Å². The zero-order valence-corrected chi connectivity index (χ0v) is 11.3. The van der Waals surface area contributed by atoms with Gasteiger partial charge in [0.1, 0.15) is 0 Å². The van der Waals surface area contributed by atoms with Crippen molar-refractivity contribution in [2.45, 2.75) is 65.7 Å². The first-order chi connectivity index (χ1) is 7.50. The molecule has 0 saturated heterocycles. The van der Waals surface area contributed by atoms with E-state index in [1.165, 1.54) is 38.5 Å². The number of fused-ring (bicyclic) bond motifs is 1. The Hall–Kier alpha value is -0.0400. The van der Waals surface area contributed by atoms with Gasteiger partial charge in [-0.1, -0.05) is 33.6 Å². The number of hydrogen-bond donors (Lipinski definition) is 1. The molecule has 1 heteroatoms. The molecule has 0 heterocycles. The van der Waals surface area contributed by atoms with E-state index in [0.717, 1.165) is 18.3 Å². The molecule has 0 aromatic rings. The lowest BCUT2D eigenvalue weighted by Crippen LogP contribution is -2.48. The third-order valence-electron chi connectivity index (χ3n) is 5.73. The molecule has 2 fully saturated rings. The Morgan fingerprint density at radius 3 is 2.50 bits per heavy atom. The lowest BCUT2D eigenvalue weighted by molar-refractivity contribution is -0.0781. The molecule has 0 spiro atoms. The fraction of sp³-hybridized carbons (Fsp3) is 1.00. The van der Waals surface area contributed by atoms with Crippen LogP contribution < -0.4 is 0 Å². The van der Waals surface area contributed by atoms with E-state index in [-0.39, 0.29) is 0 Å². The summed E-state index contributed by atoms with van der Waals surface area (Å²) >= 11 is 0. The molecule has 94 valence electrons. The van der Waals surface area contributed by atoms with Crippen LogP contribution in [-0.4, -0.2) is 11.7 Å². The van der Waals surface area contributed by atoms with Crippen molar-refractivity contribution in [1.82, 2.24) is 0 Å². The first kappa shape index (κ1) is 12.4. The number of aliphatic hydroxyl groups excluding tert-OH is 1. The lowest BCUT2D eigenvalue weighted by Gasteiger charge is -2.57. The Labute approximate surface area is 101 Å². The Kier molecular flexibility index (Phi) is 3.36. The van der Waals surface area contributed by atoms with Gasteiger partial charge in [-0.25, -0.2) is 0 Å². The van der Waals surface area contributed by atoms with Crippen LogP contribution in [0.5, 0.6) is 0 Å². The maximum atomic E-state index is 9.25. The molecule has 2 rings (SSSR count). The molecule has 2 aliphatic rings. The molecule has 2 aliphatic carbocycles. The fourth-order valence-corrected chi connectivity index (χ4v) is 4.90.